The normalized spacial score (nSPS) is 20.7. The molecule has 3 rings (SSSR count). The molecule has 0 aromatic heterocycles. The summed E-state index contributed by atoms with van der Waals surface area (Å²) in [5.74, 6) is 1.37. The Kier molecular flexibility index (Phi) is 3.00. The van der Waals surface area contributed by atoms with Gasteiger partial charge in [0.05, 0.1) is 0 Å². The summed E-state index contributed by atoms with van der Waals surface area (Å²) in [4.78, 5) is 0. The van der Waals surface area contributed by atoms with Crippen molar-refractivity contribution in [3.8, 4) is 11.5 Å². The lowest BCUT2D eigenvalue weighted by molar-refractivity contribution is -0.105. The van der Waals surface area contributed by atoms with Gasteiger partial charge in [0.1, 0.15) is 0 Å². The van der Waals surface area contributed by atoms with Gasteiger partial charge in [-0.1, -0.05) is 24.6 Å². The van der Waals surface area contributed by atoms with E-state index in [1.807, 2.05) is 30.4 Å². The monoisotopic (exact) mass is 245 g/mol. The second kappa shape index (κ2) is 4.65. The molecular formula is C15H19NO2. The fraction of sp³-hybridized carbons (Fsp3) is 0.467. The number of fused-ring (bicyclic) bond motifs is 1. The SMILES string of the molecule is NC/C=C/c1ccc2c(c1)OC1(CCCCC1)O2. The fourth-order valence-corrected chi connectivity index (χ4v) is 2.71. The van der Waals surface area contributed by atoms with Gasteiger partial charge in [0.25, 0.3) is 5.79 Å². The predicted octanol–water partition coefficient (Wildman–Crippen LogP) is 3.09. The van der Waals surface area contributed by atoms with E-state index in [9.17, 15) is 0 Å². The highest BCUT2D eigenvalue weighted by molar-refractivity contribution is 5.57. The first-order valence-corrected chi connectivity index (χ1v) is 6.70. The number of hydrogen-bond donors (Lipinski definition) is 1. The maximum atomic E-state index is 6.07. The van der Waals surface area contributed by atoms with Crippen LogP contribution in [-0.2, 0) is 0 Å². The van der Waals surface area contributed by atoms with E-state index in [4.69, 9.17) is 15.2 Å². The van der Waals surface area contributed by atoms with Crippen molar-refractivity contribution in [2.75, 3.05) is 6.54 Å². The van der Waals surface area contributed by atoms with Crippen molar-refractivity contribution < 1.29 is 9.47 Å². The third-order valence-corrected chi connectivity index (χ3v) is 3.62. The van der Waals surface area contributed by atoms with Gasteiger partial charge in [0.2, 0.25) is 0 Å². The first-order chi connectivity index (χ1) is 8.81. The van der Waals surface area contributed by atoms with Crippen LogP contribution in [-0.4, -0.2) is 12.3 Å². The molecule has 1 saturated carbocycles. The summed E-state index contributed by atoms with van der Waals surface area (Å²) < 4.78 is 12.1. The minimum Gasteiger partial charge on any atom is -0.448 e. The van der Waals surface area contributed by atoms with Gasteiger partial charge < -0.3 is 15.2 Å². The number of hydrogen-bond acceptors (Lipinski definition) is 3. The van der Waals surface area contributed by atoms with Gasteiger partial charge in [-0.2, -0.15) is 0 Å². The summed E-state index contributed by atoms with van der Waals surface area (Å²) >= 11 is 0. The van der Waals surface area contributed by atoms with Gasteiger partial charge in [-0.15, -0.1) is 0 Å². The van der Waals surface area contributed by atoms with Gasteiger partial charge in [-0.05, 0) is 30.5 Å². The Bertz CT molecular complexity index is 462. The molecule has 1 heterocycles. The van der Waals surface area contributed by atoms with Crippen LogP contribution in [0.4, 0.5) is 0 Å². The van der Waals surface area contributed by atoms with Crippen molar-refractivity contribution in [3.05, 3.63) is 29.8 Å². The Balaban J connectivity index is 1.82. The molecule has 0 radical (unpaired) electrons. The predicted molar refractivity (Wildman–Crippen MR) is 71.6 cm³/mol. The van der Waals surface area contributed by atoms with Crippen LogP contribution in [0.25, 0.3) is 6.08 Å². The molecular weight excluding hydrogens is 226 g/mol. The number of ether oxygens (including phenoxy) is 2. The van der Waals surface area contributed by atoms with Gasteiger partial charge in [-0.25, -0.2) is 0 Å². The topological polar surface area (TPSA) is 44.5 Å². The van der Waals surface area contributed by atoms with E-state index in [1.165, 1.54) is 19.3 Å². The van der Waals surface area contributed by atoms with E-state index in [2.05, 4.69) is 0 Å². The van der Waals surface area contributed by atoms with Crippen molar-refractivity contribution in [1.29, 1.82) is 0 Å². The lowest BCUT2D eigenvalue weighted by atomic mass is 9.94. The number of rotatable bonds is 2. The molecule has 0 atom stereocenters. The molecule has 96 valence electrons. The van der Waals surface area contributed by atoms with Crippen molar-refractivity contribution in [3.63, 3.8) is 0 Å². The summed E-state index contributed by atoms with van der Waals surface area (Å²) in [5, 5.41) is 0. The van der Waals surface area contributed by atoms with Crippen LogP contribution in [0.3, 0.4) is 0 Å². The molecule has 1 aromatic carbocycles. The molecule has 3 nitrogen and oxygen atoms in total. The fourth-order valence-electron chi connectivity index (χ4n) is 2.71. The van der Waals surface area contributed by atoms with Crippen molar-refractivity contribution >= 4 is 6.08 Å². The van der Waals surface area contributed by atoms with Gasteiger partial charge >= 0.3 is 0 Å². The van der Waals surface area contributed by atoms with Crippen LogP contribution in [0.5, 0.6) is 11.5 Å². The van der Waals surface area contributed by atoms with Crippen LogP contribution in [0.2, 0.25) is 0 Å². The van der Waals surface area contributed by atoms with Gasteiger partial charge in [-0.3, -0.25) is 0 Å². The lowest BCUT2D eigenvalue weighted by Crippen LogP contribution is -2.40. The minimum absolute atomic E-state index is 0.378. The van der Waals surface area contributed by atoms with Crippen LogP contribution >= 0.6 is 0 Å². The largest absolute Gasteiger partial charge is 0.448 e. The zero-order chi connectivity index (χ0) is 12.4. The summed E-state index contributed by atoms with van der Waals surface area (Å²) in [7, 11) is 0. The highest BCUT2D eigenvalue weighted by atomic mass is 16.7. The van der Waals surface area contributed by atoms with Gasteiger partial charge in [0.15, 0.2) is 11.5 Å². The Hall–Kier alpha value is -1.48. The summed E-state index contributed by atoms with van der Waals surface area (Å²) in [6, 6.07) is 6.07. The molecule has 1 aliphatic carbocycles. The zero-order valence-electron chi connectivity index (χ0n) is 10.5. The first-order valence-electron chi connectivity index (χ1n) is 6.70. The standard InChI is InChI=1S/C15H19NO2/c16-10-4-5-12-6-7-13-14(11-12)18-15(17-13)8-2-1-3-9-15/h4-7,11H,1-3,8-10,16H2/b5-4+. The minimum atomic E-state index is -0.378. The van der Waals surface area contributed by atoms with E-state index >= 15 is 0 Å². The van der Waals surface area contributed by atoms with Crippen LogP contribution in [0.1, 0.15) is 37.7 Å². The van der Waals surface area contributed by atoms with E-state index < -0.39 is 0 Å². The Morgan fingerprint density at radius 3 is 2.67 bits per heavy atom. The smallest absolute Gasteiger partial charge is 0.251 e. The van der Waals surface area contributed by atoms with E-state index in [-0.39, 0.29) is 5.79 Å². The maximum absolute atomic E-state index is 6.07. The highest BCUT2D eigenvalue weighted by Gasteiger charge is 2.42. The molecule has 2 N–H and O–H groups in total. The lowest BCUT2D eigenvalue weighted by Gasteiger charge is -2.31. The number of nitrogens with two attached hydrogens (primary N) is 1. The van der Waals surface area contributed by atoms with Crippen molar-refractivity contribution in [2.24, 2.45) is 5.73 Å². The molecule has 1 spiro atoms. The molecule has 1 aromatic rings. The Morgan fingerprint density at radius 1 is 1.11 bits per heavy atom. The van der Waals surface area contributed by atoms with Crippen LogP contribution in [0, 0.1) is 0 Å². The third kappa shape index (κ3) is 2.10. The molecule has 3 heteroatoms. The molecule has 0 saturated heterocycles. The Morgan fingerprint density at radius 2 is 1.89 bits per heavy atom. The molecule has 1 fully saturated rings. The maximum Gasteiger partial charge on any atom is 0.251 e. The van der Waals surface area contributed by atoms with E-state index in [0.717, 1.165) is 29.9 Å². The average Bonchev–Trinajstić information content (AvgIpc) is 2.73. The summed E-state index contributed by atoms with van der Waals surface area (Å²) in [6.45, 7) is 0.554. The molecule has 1 aliphatic heterocycles. The second-order valence-electron chi connectivity index (χ2n) is 5.02. The Labute approximate surface area is 108 Å². The van der Waals surface area contributed by atoms with Crippen LogP contribution in [0.15, 0.2) is 24.3 Å². The van der Waals surface area contributed by atoms with Crippen molar-refractivity contribution in [2.45, 2.75) is 37.9 Å². The van der Waals surface area contributed by atoms with Gasteiger partial charge in [0, 0.05) is 19.4 Å². The highest BCUT2D eigenvalue weighted by Crippen LogP contribution is 2.45. The van der Waals surface area contributed by atoms with Crippen LogP contribution < -0.4 is 15.2 Å². The molecule has 2 aliphatic rings. The molecule has 0 bridgehead atoms. The average molecular weight is 245 g/mol. The second-order valence-corrected chi connectivity index (χ2v) is 5.02. The summed E-state index contributed by atoms with van der Waals surface area (Å²) in [6.07, 6.45) is 9.60. The molecule has 0 unspecified atom stereocenters. The zero-order valence-corrected chi connectivity index (χ0v) is 10.5. The number of benzene rings is 1. The quantitative estimate of drug-likeness (QED) is 0.870. The van der Waals surface area contributed by atoms with E-state index in [0.29, 0.717) is 6.54 Å². The molecule has 18 heavy (non-hydrogen) atoms. The summed E-state index contributed by atoms with van der Waals surface area (Å²) in [5.41, 5.74) is 6.57. The molecule has 0 amide bonds. The van der Waals surface area contributed by atoms with E-state index in [1.54, 1.807) is 0 Å². The van der Waals surface area contributed by atoms with Crippen molar-refractivity contribution in [1.82, 2.24) is 0 Å². The third-order valence-electron chi connectivity index (χ3n) is 3.62. The first kappa shape index (κ1) is 11.6.